The van der Waals surface area contributed by atoms with Crippen molar-refractivity contribution < 1.29 is 10.2 Å². The SMILES string of the molecule is O[C@@H]1[C@H](O)C=C[C@H]1Cn1cnc2c(NCc3cccc(I)c3)ncnc21. The lowest BCUT2D eigenvalue weighted by Gasteiger charge is -2.17. The van der Waals surface area contributed by atoms with Gasteiger partial charge in [0.25, 0.3) is 0 Å². The quantitative estimate of drug-likeness (QED) is 0.396. The fourth-order valence-corrected chi connectivity index (χ4v) is 3.72. The van der Waals surface area contributed by atoms with Crippen LogP contribution in [0, 0.1) is 9.49 Å². The molecular weight excluding hydrogens is 445 g/mol. The number of aliphatic hydroxyl groups excluding tert-OH is 2. The minimum atomic E-state index is -0.810. The van der Waals surface area contributed by atoms with Crippen molar-refractivity contribution in [3.8, 4) is 0 Å². The van der Waals surface area contributed by atoms with Gasteiger partial charge in [-0.1, -0.05) is 24.3 Å². The number of halogens is 1. The van der Waals surface area contributed by atoms with Crippen LogP contribution in [0.5, 0.6) is 0 Å². The Morgan fingerprint density at radius 3 is 2.81 bits per heavy atom. The van der Waals surface area contributed by atoms with Crippen LogP contribution in [0.2, 0.25) is 0 Å². The molecule has 1 aromatic carbocycles. The summed E-state index contributed by atoms with van der Waals surface area (Å²) in [4.78, 5) is 13.1. The molecule has 4 rings (SSSR count). The molecule has 7 nitrogen and oxygen atoms in total. The van der Waals surface area contributed by atoms with Gasteiger partial charge in [-0.2, -0.15) is 0 Å². The van der Waals surface area contributed by atoms with Gasteiger partial charge >= 0.3 is 0 Å². The number of aliphatic hydroxyl groups is 2. The summed E-state index contributed by atoms with van der Waals surface area (Å²) in [5.74, 6) is 0.510. The maximum absolute atomic E-state index is 10.0. The van der Waals surface area contributed by atoms with Crippen molar-refractivity contribution in [3.05, 3.63) is 58.2 Å². The van der Waals surface area contributed by atoms with E-state index in [1.165, 1.54) is 9.90 Å². The van der Waals surface area contributed by atoms with Gasteiger partial charge in [0.05, 0.1) is 18.5 Å². The van der Waals surface area contributed by atoms with Gasteiger partial charge < -0.3 is 20.1 Å². The predicted molar refractivity (Wildman–Crippen MR) is 106 cm³/mol. The van der Waals surface area contributed by atoms with E-state index in [1.807, 2.05) is 16.7 Å². The van der Waals surface area contributed by atoms with E-state index in [-0.39, 0.29) is 5.92 Å². The number of nitrogens with zero attached hydrogens (tertiary/aromatic N) is 4. The smallest absolute Gasteiger partial charge is 0.165 e. The van der Waals surface area contributed by atoms with Gasteiger partial charge in [0.2, 0.25) is 0 Å². The lowest BCUT2D eigenvalue weighted by Crippen LogP contribution is -2.28. The van der Waals surface area contributed by atoms with Crippen LogP contribution in [0.15, 0.2) is 49.1 Å². The Labute approximate surface area is 164 Å². The van der Waals surface area contributed by atoms with Crippen molar-refractivity contribution in [1.82, 2.24) is 19.5 Å². The molecule has 8 heteroatoms. The molecule has 3 aromatic rings. The largest absolute Gasteiger partial charge is 0.389 e. The lowest BCUT2D eigenvalue weighted by molar-refractivity contribution is 0.0298. The number of anilines is 1. The van der Waals surface area contributed by atoms with Gasteiger partial charge in [0.1, 0.15) is 11.8 Å². The number of benzene rings is 1. The summed E-state index contributed by atoms with van der Waals surface area (Å²) in [5.41, 5.74) is 2.55. The van der Waals surface area contributed by atoms with Gasteiger partial charge in [0, 0.05) is 22.6 Å². The first-order chi connectivity index (χ1) is 12.6. The van der Waals surface area contributed by atoms with Crippen molar-refractivity contribution in [3.63, 3.8) is 0 Å². The molecule has 3 N–H and O–H groups in total. The second-order valence-electron chi connectivity index (χ2n) is 6.30. The molecule has 1 aliphatic rings. The second-order valence-corrected chi connectivity index (χ2v) is 7.55. The van der Waals surface area contributed by atoms with Crippen LogP contribution in [0.25, 0.3) is 11.2 Å². The van der Waals surface area contributed by atoms with Crippen molar-refractivity contribution >= 4 is 39.6 Å². The summed E-state index contributed by atoms with van der Waals surface area (Å²) in [6.45, 7) is 1.14. The molecule has 0 spiro atoms. The summed E-state index contributed by atoms with van der Waals surface area (Å²) in [5, 5.41) is 23.0. The number of rotatable bonds is 5. The highest BCUT2D eigenvalue weighted by Crippen LogP contribution is 2.24. The summed E-state index contributed by atoms with van der Waals surface area (Å²) >= 11 is 2.29. The van der Waals surface area contributed by atoms with Crippen molar-refractivity contribution in [2.24, 2.45) is 5.92 Å². The van der Waals surface area contributed by atoms with Crippen LogP contribution >= 0.6 is 22.6 Å². The molecule has 0 saturated carbocycles. The Hall–Kier alpha value is -2.04. The highest BCUT2D eigenvalue weighted by Gasteiger charge is 2.29. The molecule has 0 radical (unpaired) electrons. The van der Waals surface area contributed by atoms with E-state index in [9.17, 15) is 10.2 Å². The highest BCUT2D eigenvalue weighted by molar-refractivity contribution is 14.1. The molecule has 3 atom stereocenters. The number of nitrogens with one attached hydrogen (secondary N) is 1. The van der Waals surface area contributed by atoms with Gasteiger partial charge in [-0.05, 0) is 40.3 Å². The van der Waals surface area contributed by atoms with Crippen LogP contribution in [-0.2, 0) is 13.1 Å². The lowest BCUT2D eigenvalue weighted by atomic mass is 10.1. The van der Waals surface area contributed by atoms with E-state index in [1.54, 1.807) is 12.4 Å². The van der Waals surface area contributed by atoms with Crippen LogP contribution in [-0.4, -0.2) is 41.9 Å². The van der Waals surface area contributed by atoms with Crippen LogP contribution < -0.4 is 5.32 Å². The Morgan fingerprint density at radius 2 is 2.04 bits per heavy atom. The predicted octanol–water partition coefficient (Wildman–Crippen LogP) is 1.95. The number of hydrogen-bond donors (Lipinski definition) is 3. The standard InChI is InChI=1S/C18H18IN5O2/c19-13-3-1-2-11(6-13)7-20-17-15-18(22-9-21-17)24(10-23-15)8-12-4-5-14(25)16(12)26/h1-6,9-10,12,14,16,25-26H,7-8H2,(H,20,21,22)/t12-,14+,16-/m0/s1. The number of imidazole rings is 1. The minimum absolute atomic E-state index is 0.167. The van der Waals surface area contributed by atoms with E-state index in [2.05, 4.69) is 61.1 Å². The third-order valence-electron chi connectivity index (χ3n) is 4.50. The van der Waals surface area contributed by atoms with E-state index in [0.717, 1.165) is 5.56 Å². The normalized spacial score (nSPS) is 22.2. The average Bonchev–Trinajstić information content (AvgIpc) is 3.19. The number of fused-ring (bicyclic) bond motifs is 1. The highest BCUT2D eigenvalue weighted by atomic mass is 127. The van der Waals surface area contributed by atoms with Gasteiger partial charge in [0.15, 0.2) is 11.5 Å². The first-order valence-electron chi connectivity index (χ1n) is 8.30. The van der Waals surface area contributed by atoms with Crippen LogP contribution in [0.1, 0.15) is 5.56 Å². The molecule has 0 amide bonds. The molecule has 0 aliphatic heterocycles. The molecule has 1 aliphatic carbocycles. The molecule has 0 saturated heterocycles. The minimum Gasteiger partial charge on any atom is -0.389 e. The first kappa shape index (κ1) is 17.4. The number of hydrogen-bond acceptors (Lipinski definition) is 6. The Kier molecular flexibility index (Phi) is 4.88. The van der Waals surface area contributed by atoms with Gasteiger partial charge in [-0.3, -0.25) is 0 Å². The third-order valence-corrected chi connectivity index (χ3v) is 5.17. The van der Waals surface area contributed by atoms with Gasteiger partial charge in [-0.15, -0.1) is 0 Å². The summed E-state index contributed by atoms with van der Waals surface area (Å²) in [7, 11) is 0. The van der Waals surface area contributed by atoms with Crippen LogP contribution in [0.4, 0.5) is 5.82 Å². The maximum atomic E-state index is 10.0. The van der Waals surface area contributed by atoms with Gasteiger partial charge in [-0.25, -0.2) is 15.0 Å². The Balaban J connectivity index is 1.54. The fraction of sp³-hybridized carbons (Fsp3) is 0.278. The summed E-state index contributed by atoms with van der Waals surface area (Å²) in [6.07, 6.45) is 5.05. The zero-order valence-electron chi connectivity index (χ0n) is 13.8. The van der Waals surface area contributed by atoms with E-state index in [0.29, 0.717) is 30.1 Å². The van der Waals surface area contributed by atoms with Crippen molar-refractivity contribution in [2.45, 2.75) is 25.3 Å². The molecule has 26 heavy (non-hydrogen) atoms. The van der Waals surface area contributed by atoms with E-state index in [4.69, 9.17) is 0 Å². The molecular formula is C18H18IN5O2. The van der Waals surface area contributed by atoms with E-state index >= 15 is 0 Å². The van der Waals surface area contributed by atoms with Crippen molar-refractivity contribution in [2.75, 3.05) is 5.32 Å². The zero-order chi connectivity index (χ0) is 18.1. The monoisotopic (exact) mass is 463 g/mol. The maximum Gasteiger partial charge on any atom is 0.165 e. The average molecular weight is 463 g/mol. The zero-order valence-corrected chi connectivity index (χ0v) is 16.0. The second kappa shape index (κ2) is 7.29. The third kappa shape index (κ3) is 3.44. The first-order valence-corrected chi connectivity index (χ1v) is 9.38. The molecule has 0 unspecified atom stereocenters. The molecule has 2 heterocycles. The molecule has 134 valence electrons. The topological polar surface area (TPSA) is 96.1 Å². The summed E-state index contributed by atoms with van der Waals surface area (Å²) < 4.78 is 3.06. The van der Waals surface area contributed by atoms with E-state index < -0.39 is 12.2 Å². The van der Waals surface area contributed by atoms with Crippen molar-refractivity contribution in [1.29, 1.82) is 0 Å². The Bertz CT molecular complexity index is 958. The molecule has 2 aromatic heterocycles. The van der Waals surface area contributed by atoms with Crippen LogP contribution in [0.3, 0.4) is 0 Å². The molecule has 0 bridgehead atoms. The summed E-state index contributed by atoms with van der Waals surface area (Å²) in [6, 6.07) is 8.25. The Morgan fingerprint density at radius 1 is 1.15 bits per heavy atom. The fourth-order valence-electron chi connectivity index (χ4n) is 3.11. The number of aromatic nitrogens is 4. The molecule has 0 fully saturated rings.